The molecule has 0 fully saturated rings. The van der Waals surface area contributed by atoms with E-state index in [1.165, 1.54) is 11.3 Å². The summed E-state index contributed by atoms with van der Waals surface area (Å²) in [6, 6.07) is 8.67. The average Bonchev–Trinajstić information content (AvgIpc) is 3.28. The molecule has 0 aliphatic rings. The van der Waals surface area contributed by atoms with E-state index < -0.39 is 0 Å². The Balaban J connectivity index is 1.78. The highest BCUT2D eigenvalue weighted by molar-refractivity contribution is 7.12. The van der Waals surface area contributed by atoms with Crippen LogP contribution in [0.25, 0.3) is 0 Å². The van der Waals surface area contributed by atoms with Gasteiger partial charge in [-0.1, -0.05) is 12.1 Å². The van der Waals surface area contributed by atoms with Crippen LogP contribution in [0, 0.1) is 6.92 Å². The number of rotatable bonds is 7. The maximum atomic E-state index is 12.7. The van der Waals surface area contributed by atoms with Crippen molar-refractivity contribution in [1.82, 2.24) is 14.8 Å². The second-order valence-electron chi connectivity index (χ2n) is 5.80. The number of thiophene rings is 1. The Kier molecular flexibility index (Phi) is 6.05. The summed E-state index contributed by atoms with van der Waals surface area (Å²) in [6.07, 6.45) is 0. The highest BCUT2D eigenvalue weighted by atomic mass is 32.1. The van der Waals surface area contributed by atoms with Crippen LogP contribution in [0.4, 0.5) is 11.6 Å². The molecule has 3 aromatic rings. The van der Waals surface area contributed by atoms with Crippen molar-refractivity contribution in [3.05, 3.63) is 52.0 Å². The third kappa shape index (κ3) is 4.20. The van der Waals surface area contributed by atoms with Gasteiger partial charge in [-0.3, -0.25) is 14.9 Å². The van der Waals surface area contributed by atoms with Gasteiger partial charge in [0.2, 0.25) is 5.95 Å². The number of hydrogen-bond acceptors (Lipinski definition) is 6. The first-order chi connectivity index (χ1) is 13.5. The first-order valence-corrected chi connectivity index (χ1v) is 9.74. The van der Waals surface area contributed by atoms with E-state index in [0.29, 0.717) is 46.8 Å². The van der Waals surface area contributed by atoms with Gasteiger partial charge < -0.3 is 10.1 Å². The zero-order chi connectivity index (χ0) is 20.1. The van der Waals surface area contributed by atoms with E-state index in [1.807, 2.05) is 13.8 Å². The molecule has 0 spiro atoms. The minimum Gasteiger partial charge on any atom is -0.493 e. The SMILES string of the molecule is CCOc1ccccc1C(=O)Nc1ccsc1C(=O)Nc1nc(C)nn1CC. The fourth-order valence-corrected chi connectivity index (χ4v) is 3.38. The number of anilines is 2. The first kappa shape index (κ1) is 19.6. The third-order valence-corrected chi connectivity index (χ3v) is 4.77. The number of para-hydroxylation sites is 1. The Labute approximate surface area is 166 Å². The lowest BCUT2D eigenvalue weighted by Gasteiger charge is -2.11. The van der Waals surface area contributed by atoms with E-state index >= 15 is 0 Å². The maximum Gasteiger partial charge on any atom is 0.270 e. The van der Waals surface area contributed by atoms with Crippen molar-refractivity contribution in [3.63, 3.8) is 0 Å². The second kappa shape index (κ2) is 8.66. The predicted octanol–water partition coefficient (Wildman–Crippen LogP) is 3.57. The molecule has 9 heteroatoms. The van der Waals surface area contributed by atoms with Crippen LogP contribution in [0.3, 0.4) is 0 Å². The average molecular weight is 399 g/mol. The molecule has 0 aliphatic carbocycles. The molecule has 2 aromatic heterocycles. The quantitative estimate of drug-likeness (QED) is 0.633. The van der Waals surface area contributed by atoms with Gasteiger partial charge in [-0.2, -0.15) is 10.1 Å². The van der Waals surface area contributed by atoms with Gasteiger partial charge in [-0.05, 0) is 44.4 Å². The van der Waals surface area contributed by atoms with Gasteiger partial charge in [0.1, 0.15) is 16.5 Å². The van der Waals surface area contributed by atoms with Gasteiger partial charge in [0.05, 0.1) is 17.9 Å². The van der Waals surface area contributed by atoms with Crippen molar-refractivity contribution in [2.45, 2.75) is 27.3 Å². The first-order valence-electron chi connectivity index (χ1n) is 8.87. The summed E-state index contributed by atoms with van der Waals surface area (Å²) < 4.78 is 7.11. The Hall–Kier alpha value is -3.20. The molecule has 0 aliphatic heterocycles. The van der Waals surface area contributed by atoms with Crippen molar-refractivity contribution in [3.8, 4) is 5.75 Å². The van der Waals surface area contributed by atoms with Gasteiger partial charge in [0.15, 0.2) is 0 Å². The number of aryl methyl sites for hydroxylation is 2. The molecule has 1 aromatic carbocycles. The number of nitrogens with zero attached hydrogens (tertiary/aromatic N) is 3. The zero-order valence-corrected chi connectivity index (χ0v) is 16.7. The maximum absolute atomic E-state index is 12.7. The second-order valence-corrected chi connectivity index (χ2v) is 6.72. The van der Waals surface area contributed by atoms with E-state index in [4.69, 9.17) is 4.74 Å². The lowest BCUT2D eigenvalue weighted by atomic mass is 10.2. The zero-order valence-electron chi connectivity index (χ0n) is 15.9. The number of benzene rings is 1. The number of amides is 2. The molecule has 28 heavy (non-hydrogen) atoms. The molecule has 3 rings (SSSR count). The van der Waals surface area contributed by atoms with Crippen LogP contribution in [-0.4, -0.2) is 33.2 Å². The molecular weight excluding hydrogens is 378 g/mol. The minimum absolute atomic E-state index is 0.343. The molecule has 0 bridgehead atoms. The molecule has 8 nitrogen and oxygen atoms in total. The van der Waals surface area contributed by atoms with Gasteiger partial charge in [-0.15, -0.1) is 11.3 Å². The van der Waals surface area contributed by atoms with E-state index in [0.717, 1.165) is 0 Å². The summed E-state index contributed by atoms with van der Waals surface area (Å²) in [5.41, 5.74) is 0.835. The topological polar surface area (TPSA) is 98.1 Å². The molecule has 0 saturated heterocycles. The van der Waals surface area contributed by atoms with Crippen LogP contribution in [-0.2, 0) is 6.54 Å². The van der Waals surface area contributed by atoms with Gasteiger partial charge in [0.25, 0.3) is 11.8 Å². The molecule has 2 amide bonds. The molecule has 2 N–H and O–H groups in total. The molecule has 146 valence electrons. The fourth-order valence-electron chi connectivity index (χ4n) is 2.64. The van der Waals surface area contributed by atoms with E-state index in [9.17, 15) is 9.59 Å². The van der Waals surface area contributed by atoms with Crippen molar-refractivity contribution in [2.75, 3.05) is 17.2 Å². The van der Waals surface area contributed by atoms with E-state index in [2.05, 4.69) is 20.7 Å². The smallest absolute Gasteiger partial charge is 0.270 e. The summed E-state index contributed by atoms with van der Waals surface area (Å²) >= 11 is 1.23. The van der Waals surface area contributed by atoms with Gasteiger partial charge in [0, 0.05) is 6.54 Å². The number of ether oxygens (including phenoxy) is 1. The summed E-state index contributed by atoms with van der Waals surface area (Å²) in [7, 11) is 0. The van der Waals surface area contributed by atoms with Gasteiger partial charge in [-0.25, -0.2) is 4.68 Å². The molecule has 2 heterocycles. The Morgan fingerprint density at radius 3 is 2.68 bits per heavy atom. The van der Waals surface area contributed by atoms with Crippen molar-refractivity contribution in [1.29, 1.82) is 0 Å². The summed E-state index contributed by atoms with van der Waals surface area (Å²) in [5.74, 6) is 0.742. The summed E-state index contributed by atoms with van der Waals surface area (Å²) in [6.45, 7) is 6.56. The lowest BCUT2D eigenvalue weighted by Crippen LogP contribution is -2.19. The standard InChI is InChI=1S/C19H21N5O3S/c1-4-24-19(20-12(3)23-24)22-18(26)16-14(10-11-28-16)21-17(25)13-8-6-7-9-15(13)27-5-2/h6-11H,4-5H2,1-3H3,(H,21,25)(H,20,22,23,26). The predicted molar refractivity (Wildman–Crippen MR) is 108 cm³/mol. The highest BCUT2D eigenvalue weighted by Crippen LogP contribution is 2.26. The Morgan fingerprint density at radius 1 is 1.14 bits per heavy atom. The van der Waals surface area contributed by atoms with Crippen molar-refractivity contribution >= 4 is 34.8 Å². The van der Waals surface area contributed by atoms with Crippen LogP contribution < -0.4 is 15.4 Å². The molecule has 0 atom stereocenters. The minimum atomic E-state index is -0.356. The Morgan fingerprint density at radius 2 is 1.93 bits per heavy atom. The van der Waals surface area contributed by atoms with Gasteiger partial charge >= 0.3 is 0 Å². The van der Waals surface area contributed by atoms with Crippen LogP contribution in [0.2, 0.25) is 0 Å². The normalized spacial score (nSPS) is 10.5. The fraction of sp³-hybridized carbons (Fsp3) is 0.263. The molecular formula is C19H21N5O3S. The van der Waals surface area contributed by atoms with Crippen LogP contribution >= 0.6 is 11.3 Å². The molecule has 0 saturated carbocycles. The monoisotopic (exact) mass is 399 g/mol. The Bertz CT molecular complexity index is 995. The number of carbonyl (C=O) groups is 2. The van der Waals surface area contributed by atoms with E-state index in [1.54, 1.807) is 47.3 Å². The van der Waals surface area contributed by atoms with Crippen LogP contribution in [0.1, 0.15) is 39.7 Å². The van der Waals surface area contributed by atoms with Crippen molar-refractivity contribution in [2.24, 2.45) is 0 Å². The molecule has 0 radical (unpaired) electrons. The van der Waals surface area contributed by atoms with Crippen molar-refractivity contribution < 1.29 is 14.3 Å². The number of nitrogens with one attached hydrogen (secondary N) is 2. The number of aromatic nitrogens is 3. The number of hydrogen-bond donors (Lipinski definition) is 2. The summed E-state index contributed by atoms with van der Waals surface area (Å²) in [5, 5.41) is 11.5. The van der Waals surface area contributed by atoms with Crippen LogP contribution in [0.15, 0.2) is 35.7 Å². The molecule has 0 unspecified atom stereocenters. The number of carbonyl (C=O) groups excluding carboxylic acids is 2. The van der Waals surface area contributed by atoms with E-state index in [-0.39, 0.29) is 11.8 Å². The lowest BCUT2D eigenvalue weighted by molar-refractivity contribution is 0.102. The van der Waals surface area contributed by atoms with Crippen LogP contribution in [0.5, 0.6) is 5.75 Å². The summed E-state index contributed by atoms with van der Waals surface area (Å²) in [4.78, 5) is 30.0. The third-order valence-electron chi connectivity index (χ3n) is 3.85. The highest BCUT2D eigenvalue weighted by Gasteiger charge is 2.20. The largest absolute Gasteiger partial charge is 0.493 e.